The Morgan fingerprint density at radius 1 is 1.35 bits per heavy atom. The van der Waals surface area contributed by atoms with Gasteiger partial charge in [-0.2, -0.15) is 0 Å². The lowest BCUT2D eigenvalue weighted by Crippen LogP contribution is -2.40. The molecule has 0 saturated carbocycles. The molecule has 2 aromatic rings. The van der Waals surface area contributed by atoms with E-state index in [9.17, 15) is 9.59 Å². The summed E-state index contributed by atoms with van der Waals surface area (Å²) in [6.45, 7) is 3.63. The van der Waals surface area contributed by atoms with Crippen LogP contribution in [0.4, 0.5) is 4.79 Å². The molecule has 124 valence electrons. The molecule has 0 saturated heterocycles. The second-order valence-corrected chi connectivity index (χ2v) is 5.67. The van der Waals surface area contributed by atoms with Gasteiger partial charge in [0.2, 0.25) is 5.91 Å². The molecular formula is C15H20N4O3S. The normalized spacial score (nSPS) is 10.7. The Morgan fingerprint density at radius 3 is 2.96 bits per heavy atom. The molecule has 2 rings (SSSR count). The van der Waals surface area contributed by atoms with E-state index in [1.807, 2.05) is 31.2 Å². The Bertz CT molecular complexity index is 626. The number of thioether (sulfide) groups is 1. The fourth-order valence-corrected chi connectivity index (χ4v) is 2.54. The van der Waals surface area contributed by atoms with Gasteiger partial charge in [0, 0.05) is 19.8 Å². The Hall–Kier alpha value is -2.06. The van der Waals surface area contributed by atoms with Crippen LogP contribution in [0.2, 0.25) is 0 Å². The summed E-state index contributed by atoms with van der Waals surface area (Å²) in [7, 11) is 0. The molecule has 1 aromatic carbocycles. The zero-order chi connectivity index (χ0) is 16.5. The third-order valence-corrected chi connectivity index (χ3v) is 3.79. The number of imide groups is 1. The van der Waals surface area contributed by atoms with Gasteiger partial charge in [0.05, 0.1) is 16.8 Å². The number of rotatable bonds is 8. The lowest BCUT2D eigenvalue weighted by Gasteiger charge is -2.06. The lowest BCUT2D eigenvalue weighted by atomic mass is 10.3. The van der Waals surface area contributed by atoms with E-state index in [0.717, 1.165) is 11.0 Å². The van der Waals surface area contributed by atoms with E-state index in [1.54, 1.807) is 0 Å². The maximum atomic E-state index is 11.7. The third-order valence-electron chi connectivity index (χ3n) is 2.92. The number of fused-ring (bicyclic) bond motifs is 1. The maximum absolute atomic E-state index is 11.7. The van der Waals surface area contributed by atoms with Crippen LogP contribution in [-0.4, -0.2) is 47.4 Å². The molecule has 0 aliphatic heterocycles. The van der Waals surface area contributed by atoms with Crippen molar-refractivity contribution in [3.05, 3.63) is 24.3 Å². The Balaban J connectivity index is 1.67. The molecule has 0 unspecified atom stereocenters. The number of carbonyl (C=O) groups excluding carboxylic acids is 2. The highest BCUT2D eigenvalue weighted by Gasteiger charge is 2.09. The van der Waals surface area contributed by atoms with Crippen molar-refractivity contribution < 1.29 is 14.3 Å². The summed E-state index contributed by atoms with van der Waals surface area (Å²) in [6, 6.07) is 7.14. The predicted octanol–water partition coefficient (Wildman–Crippen LogP) is 1.91. The standard InChI is InChI=1S/C15H20N4O3S/c1-2-22-9-5-8-16-14(21)19-13(20)10-23-15-17-11-6-3-4-7-12(11)18-15/h3-4,6-7H,2,5,8-10H2,1H3,(H,17,18)(H2,16,19,20,21). The number of hydrogen-bond donors (Lipinski definition) is 3. The van der Waals surface area contributed by atoms with E-state index in [2.05, 4.69) is 20.6 Å². The van der Waals surface area contributed by atoms with Crippen LogP contribution < -0.4 is 10.6 Å². The highest BCUT2D eigenvalue weighted by atomic mass is 32.2. The number of nitrogens with zero attached hydrogens (tertiary/aromatic N) is 1. The number of aromatic amines is 1. The summed E-state index contributed by atoms with van der Waals surface area (Å²) < 4.78 is 5.16. The molecule has 8 heteroatoms. The van der Waals surface area contributed by atoms with Crippen LogP contribution in [0.5, 0.6) is 0 Å². The van der Waals surface area contributed by atoms with Gasteiger partial charge in [-0.1, -0.05) is 23.9 Å². The van der Waals surface area contributed by atoms with E-state index in [1.165, 1.54) is 11.8 Å². The fourth-order valence-electron chi connectivity index (χ4n) is 1.86. The summed E-state index contributed by atoms with van der Waals surface area (Å²) in [5.41, 5.74) is 1.77. The Labute approximate surface area is 138 Å². The summed E-state index contributed by atoms with van der Waals surface area (Å²) >= 11 is 1.25. The first kappa shape index (κ1) is 17.3. The number of ether oxygens (including phenoxy) is 1. The first-order valence-electron chi connectivity index (χ1n) is 7.42. The lowest BCUT2D eigenvalue weighted by molar-refractivity contribution is -0.117. The number of imidazole rings is 1. The van der Waals surface area contributed by atoms with Gasteiger partial charge in [-0.05, 0) is 25.5 Å². The number of amides is 3. The molecule has 1 aromatic heterocycles. The number of hydrogen-bond acceptors (Lipinski definition) is 5. The quantitative estimate of drug-likeness (QED) is 0.505. The van der Waals surface area contributed by atoms with Crippen LogP contribution in [0.15, 0.2) is 29.4 Å². The predicted molar refractivity (Wildman–Crippen MR) is 89.5 cm³/mol. The van der Waals surface area contributed by atoms with Gasteiger partial charge in [0.15, 0.2) is 5.16 Å². The van der Waals surface area contributed by atoms with Gasteiger partial charge in [-0.15, -0.1) is 0 Å². The van der Waals surface area contributed by atoms with Crippen molar-refractivity contribution in [2.24, 2.45) is 0 Å². The summed E-state index contributed by atoms with van der Waals surface area (Å²) in [5, 5.41) is 5.54. The zero-order valence-electron chi connectivity index (χ0n) is 12.9. The van der Waals surface area contributed by atoms with Crippen LogP contribution in [0.3, 0.4) is 0 Å². The average Bonchev–Trinajstić information content (AvgIpc) is 2.95. The molecule has 0 fully saturated rings. The van der Waals surface area contributed by atoms with Crippen molar-refractivity contribution in [1.29, 1.82) is 0 Å². The van der Waals surface area contributed by atoms with E-state index in [4.69, 9.17) is 4.74 Å². The van der Waals surface area contributed by atoms with Crippen molar-refractivity contribution in [1.82, 2.24) is 20.6 Å². The number of para-hydroxylation sites is 2. The molecule has 0 aliphatic rings. The maximum Gasteiger partial charge on any atom is 0.321 e. The number of benzene rings is 1. The summed E-state index contributed by atoms with van der Waals surface area (Å²) in [6.07, 6.45) is 0.711. The van der Waals surface area contributed by atoms with Crippen molar-refractivity contribution in [3.8, 4) is 0 Å². The minimum Gasteiger partial charge on any atom is -0.382 e. The molecule has 7 nitrogen and oxygen atoms in total. The molecule has 0 bridgehead atoms. The van der Waals surface area contributed by atoms with Gasteiger partial charge in [0.25, 0.3) is 0 Å². The van der Waals surface area contributed by atoms with E-state index < -0.39 is 6.03 Å². The molecule has 0 spiro atoms. The topological polar surface area (TPSA) is 96.1 Å². The monoisotopic (exact) mass is 336 g/mol. The van der Waals surface area contributed by atoms with Crippen LogP contribution >= 0.6 is 11.8 Å². The van der Waals surface area contributed by atoms with Gasteiger partial charge >= 0.3 is 6.03 Å². The van der Waals surface area contributed by atoms with E-state index >= 15 is 0 Å². The molecule has 3 N–H and O–H groups in total. The zero-order valence-corrected chi connectivity index (χ0v) is 13.7. The number of urea groups is 1. The molecular weight excluding hydrogens is 316 g/mol. The molecule has 0 atom stereocenters. The number of carbonyl (C=O) groups is 2. The number of H-pyrrole nitrogens is 1. The largest absolute Gasteiger partial charge is 0.382 e. The summed E-state index contributed by atoms with van der Waals surface area (Å²) in [4.78, 5) is 30.7. The average molecular weight is 336 g/mol. The smallest absolute Gasteiger partial charge is 0.321 e. The van der Waals surface area contributed by atoms with E-state index in [0.29, 0.717) is 31.3 Å². The Kier molecular flexibility index (Phi) is 6.89. The first-order valence-corrected chi connectivity index (χ1v) is 8.40. The molecule has 0 radical (unpaired) electrons. The van der Waals surface area contributed by atoms with Crippen molar-refractivity contribution in [3.63, 3.8) is 0 Å². The number of nitrogens with one attached hydrogen (secondary N) is 3. The SMILES string of the molecule is CCOCCCNC(=O)NC(=O)CSc1nc2ccccc2[nH]1. The molecule has 0 aliphatic carbocycles. The van der Waals surface area contributed by atoms with Crippen LogP contribution in [0.1, 0.15) is 13.3 Å². The minimum atomic E-state index is -0.489. The van der Waals surface area contributed by atoms with Crippen LogP contribution in [0.25, 0.3) is 11.0 Å². The minimum absolute atomic E-state index is 0.117. The highest BCUT2D eigenvalue weighted by molar-refractivity contribution is 7.99. The molecule has 3 amide bonds. The van der Waals surface area contributed by atoms with Gasteiger partial charge in [0.1, 0.15) is 0 Å². The van der Waals surface area contributed by atoms with Crippen LogP contribution in [-0.2, 0) is 9.53 Å². The second-order valence-electron chi connectivity index (χ2n) is 4.70. The van der Waals surface area contributed by atoms with Gasteiger partial charge in [-0.3, -0.25) is 10.1 Å². The highest BCUT2D eigenvalue weighted by Crippen LogP contribution is 2.18. The van der Waals surface area contributed by atoms with Gasteiger partial charge < -0.3 is 15.0 Å². The van der Waals surface area contributed by atoms with Crippen LogP contribution in [0, 0.1) is 0 Å². The van der Waals surface area contributed by atoms with E-state index in [-0.39, 0.29) is 11.7 Å². The van der Waals surface area contributed by atoms with Gasteiger partial charge in [-0.25, -0.2) is 9.78 Å². The third kappa shape index (κ3) is 5.91. The second kappa shape index (κ2) is 9.16. The van der Waals surface area contributed by atoms with Crippen molar-refractivity contribution >= 4 is 34.7 Å². The van der Waals surface area contributed by atoms with Crippen molar-refractivity contribution in [2.45, 2.75) is 18.5 Å². The molecule has 1 heterocycles. The first-order chi connectivity index (χ1) is 11.2. The van der Waals surface area contributed by atoms with Crippen molar-refractivity contribution in [2.75, 3.05) is 25.5 Å². The molecule has 23 heavy (non-hydrogen) atoms. The summed E-state index contributed by atoms with van der Waals surface area (Å²) in [5.74, 6) is -0.246. The fraction of sp³-hybridized carbons (Fsp3) is 0.400. The number of aromatic nitrogens is 2. The Morgan fingerprint density at radius 2 is 2.17 bits per heavy atom.